The van der Waals surface area contributed by atoms with Crippen molar-refractivity contribution in [2.75, 3.05) is 6.61 Å². The molecule has 0 fully saturated rings. The summed E-state index contributed by atoms with van der Waals surface area (Å²) in [6.45, 7) is -0.158. The van der Waals surface area contributed by atoms with Crippen LogP contribution >= 0.6 is 34.8 Å². The zero-order valence-electron chi connectivity index (χ0n) is 15.3. The van der Waals surface area contributed by atoms with Crippen LogP contribution in [0.5, 0.6) is 11.5 Å². The van der Waals surface area contributed by atoms with E-state index < -0.39 is 0 Å². The van der Waals surface area contributed by atoms with Gasteiger partial charge in [-0.2, -0.15) is 0 Å². The lowest BCUT2D eigenvalue weighted by Crippen LogP contribution is -2.11. The molecule has 7 heteroatoms. The Labute approximate surface area is 187 Å². The van der Waals surface area contributed by atoms with Crippen molar-refractivity contribution in [1.82, 2.24) is 0 Å². The number of fused-ring (bicyclic) bond motifs is 1. The summed E-state index contributed by atoms with van der Waals surface area (Å²) in [6.07, 6.45) is 1.54. The topological polar surface area (TPSA) is 52.6 Å². The monoisotopic (exact) mass is 458 g/mol. The molecule has 1 aliphatic rings. The van der Waals surface area contributed by atoms with Crippen molar-refractivity contribution >= 4 is 52.4 Å². The Bertz CT molecular complexity index is 1180. The molecule has 0 unspecified atom stereocenters. The zero-order chi connectivity index (χ0) is 21.3. The minimum Gasteiger partial charge on any atom is -0.485 e. The van der Waals surface area contributed by atoms with E-state index in [0.717, 1.165) is 0 Å². The number of halogens is 3. The normalized spacial score (nSPS) is 13.8. The number of ether oxygens (including phenoxy) is 2. The van der Waals surface area contributed by atoms with Gasteiger partial charge in [0.15, 0.2) is 18.1 Å². The van der Waals surface area contributed by atoms with E-state index in [9.17, 15) is 9.59 Å². The number of hydrogen-bond donors (Lipinski definition) is 0. The third-order valence-electron chi connectivity index (χ3n) is 4.45. The maximum atomic E-state index is 12.6. The van der Waals surface area contributed by atoms with Gasteiger partial charge in [-0.25, -0.2) is 0 Å². The molecule has 30 heavy (non-hydrogen) atoms. The Hall–Kier alpha value is -2.79. The summed E-state index contributed by atoms with van der Waals surface area (Å²) in [5.74, 6) is 0.417. The fourth-order valence-electron chi connectivity index (χ4n) is 2.90. The molecule has 1 aliphatic heterocycles. The molecular weight excluding hydrogens is 447 g/mol. The molecule has 3 aromatic rings. The highest BCUT2D eigenvalue weighted by atomic mass is 35.5. The van der Waals surface area contributed by atoms with Crippen LogP contribution in [0.25, 0.3) is 6.08 Å². The maximum absolute atomic E-state index is 12.6. The largest absolute Gasteiger partial charge is 0.485 e. The predicted molar refractivity (Wildman–Crippen MR) is 117 cm³/mol. The average Bonchev–Trinajstić information content (AvgIpc) is 3.05. The summed E-state index contributed by atoms with van der Waals surface area (Å²) >= 11 is 18.0. The maximum Gasteiger partial charge on any atom is 0.231 e. The number of carbonyl (C=O) groups excluding carboxylic acids is 2. The van der Waals surface area contributed by atoms with E-state index in [1.165, 1.54) is 0 Å². The highest BCUT2D eigenvalue weighted by Crippen LogP contribution is 2.36. The predicted octanol–water partition coefficient (Wildman–Crippen LogP) is 6.52. The lowest BCUT2D eigenvalue weighted by molar-refractivity contribution is 0.0921. The Morgan fingerprint density at radius 2 is 1.77 bits per heavy atom. The van der Waals surface area contributed by atoms with Gasteiger partial charge in [0.1, 0.15) is 11.5 Å². The lowest BCUT2D eigenvalue weighted by atomic mass is 10.1. The van der Waals surface area contributed by atoms with Crippen LogP contribution in [0.4, 0.5) is 0 Å². The van der Waals surface area contributed by atoms with Crippen molar-refractivity contribution < 1.29 is 19.1 Å². The molecule has 0 radical (unpaired) electrons. The molecule has 0 atom stereocenters. The molecule has 0 saturated carbocycles. The van der Waals surface area contributed by atoms with Gasteiger partial charge in [0.25, 0.3) is 0 Å². The quantitative estimate of drug-likeness (QED) is 0.322. The third-order valence-corrected chi connectivity index (χ3v) is 5.53. The van der Waals surface area contributed by atoms with Crippen LogP contribution in [0, 0.1) is 0 Å². The first-order valence-corrected chi connectivity index (χ1v) is 9.99. The Morgan fingerprint density at radius 1 is 1.00 bits per heavy atom. The van der Waals surface area contributed by atoms with Crippen LogP contribution in [0.1, 0.15) is 26.3 Å². The number of benzene rings is 3. The van der Waals surface area contributed by atoms with Gasteiger partial charge in [-0.1, -0.05) is 46.9 Å². The first-order valence-electron chi connectivity index (χ1n) is 8.86. The van der Waals surface area contributed by atoms with Crippen molar-refractivity contribution in [2.24, 2.45) is 0 Å². The fourth-order valence-corrected chi connectivity index (χ4v) is 3.39. The van der Waals surface area contributed by atoms with E-state index in [0.29, 0.717) is 43.3 Å². The average molecular weight is 460 g/mol. The van der Waals surface area contributed by atoms with E-state index in [4.69, 9.17) is 44.3 Å². The Morgan fingerprint density at radius 3 is 2.53 bits per heavy atom. The molecule has 0 spiro atoms. The molecule has 1 heterocycles. The molecule has 4 nitrogen and oxygen atoms in total. The van der Waals surface area contributed by atoms with Gasteiger partial charge >= 0.3 is 0 Å². The first kappa shape index (κ1) is 20.5. The van der Waals surface area contributed by atoms with Gasteiger partial charge in [-0.3, -0.25) is 9.59 Å². The van der Waals surface area contributed by atoms with Crippen molar-refractivity contribution in [1.29, 1.82) is 0 Å². The fraction of sp³-hybridized carbons (Fsp3) is 0.0435. The van der Waals surface area contributed by atoms with Gasteiger partial charge in [-0.15, -0.1) is 0 Å². The number of rotatable bonds is 5. The van der Waals surface area contributed by atoms with Crippen LogP contribution in [0.15, 0.2) is 66.4 Å². The molecule has 0 bridgehead atoms. The number of allylic oxidation sites excluding steroid dienone is 1. The molecular formula is C23H13Cl3O4. The second kappa shape index (κ2) is 8.52. The highest BCUT2D eigenvalue weighted by molar-refractivity contribution is 6.43. The third kappa shape index (κ3) is 4.21. The molecule has 3 aromatic carbocycles. The lowest BCUT2D eigenvalue weighted by Gasteiger charge is -2.07. The number of ketones is 2. The van der Waals surface area contributed by atoms with Crippen molar-refractivity contribution in [2.45, 2.75) is 0 Å². The second-order valence-corrected chi connectivity index (χ2v) is 7.68. The van der Waals surface area contributed by atoms with Crippen LogP contribution in [-0.4, -0.2) is 18.2 Å². The van der Waals surface area contributed by atoms with Gasteiger partial charge < -0.3 is 9.47 Å². The van der Waals surface area contributed by atoms with Gasteiger partial charge in [0.05, 0.1) is 15.6 Å². The number of hydrogen-bond acceptors (Lipinski definition) is 4. The van der Waals surface area contributed by atoms with Crippen molar-refractivity contribution in [3.8, 4) is 11.5 Å². The van der Waals surface area contributed by atoms with Crippen molar-refractivity contribution in [3.63, 3.8) is 0 Å². The van der Waals surface area contributed by atoms with Crippen LogP contribution in [0.3, 0.4) is 0 Å². The van der Waals surface area contributed by atoms with E-state index in [1.807, 2.05) is 0 Å². The summed E-state index contributed by atoms with van der Waals surface area (Å²) < 4.78 is 11.3. The van der Waals surface area contributed by atoms with Crippen LogP contribution in [0.2, 0.25) is 15.1 Å². The van der Waals surface area contributed by atoms with Gasteiger partial charge in [0, 0.05) is 16.7 Å². The minimum absolute atomic E-state index is 0.128. The Kier molecular flexibility index (Phi) is 5.82. The van der Waals surface area contributed by atoms with E-state index >= 15 is 0 Å². The molecule has 0 saturated heterocycles. The van der Waals surface area contributed by atoms with E-state index in [2.05, 4.69) is 0 Å². The van der Waals surface area contributed by atoms with Crippen molar-refractivity contribution in [3.05, 3.63) is 98.2 Å². The molecule has 0 amide bonds. The van der Waals surface area contributed by atoms with Gasteiger partial charge in [-0.05, 0) is 54.1 Å². The molecule has 0 aliphatic carbocycles. The second-order valence-electron chi connectivity index (χ2n) is 6.46. The zero-order valence-corrected chi connectivity index (χ0v) is 17.6. The molecule has 150 valence electrons. The van der Waals surface area contributed by atoms with Gasteiger partial charge in [0.2, 0.25) is 5.78 Å². The number of Topliss-reactive ketones (excluding diaryl/α,β-unsaturated/α-hetero) is 2. The van der Waals surface area contributed by atoms with E-state index in [1.54, 1.807) is 66.7 Å². The molecule has 4 rings (SSSR count). The molecule has 0 N–H and O–H groups in total. The SMILES string of the molecule is O=C(COc1ccc2c(c1)O/C(=C\c1cccc(Cl)c1Cl)C2=O)c1ccc(Cl)cc1. The Balaban J connectivity index is 1.49. The van der Waals surface area contributed by atoms with Crippen LogP contribution in [-0.2, 0) is 0 Å². The number of carbonyl (C=O) groups is 2. The molecule has 0 aromatic heterocycles. The smallest absolute Gasteiger partial charge is 0.231 e. The van der Waals surface area contributed by atoms with E-state index in [-0.39, 0.29) is 23.9 Å². The summed E-state index contributed by atoms with van der Waals surface area (Å²) in [6, 6.07) is 16.5. The highest BCUT2D eigenvalue weighted by Gasteiger charge is 2.28. The summed E-state index contributed by atoms with van der Waals surface area (Å²) in [4.78, 5) is 24.9. The summed E-state index contributed by atoms with van der Waals surface area (Å²) in [5, 5.41) is 1.27. The minimum atomic E-state index is -0.273. The van der Waals surface area contributed by atoms with Crippen LogP contribution < -0.4 is 9.47 Å². The first-order chi connectivity index (χ1) is 14.4. The standard InChI is InChI=1S/C23H13Cl3O4/c24-15-6-4-13(5-7-15)19(27)12-29-16-8-9-17-20(11-16)30-21(23(17)28)10-14-2-1-3-18(25)22(14)26/h1-11H,12H2/b21-10-. The summed E-state index contributed by atoms with van der Waals surface area (Å²) in [5.41, 5.74) is 1.47. The summed E-state index contributed by atoms with van der Waals surface area (Å²) in [7, 11) is 0.